The largest absolute Gasteiger partial charge is 0.325 e. The summed E-state index contributed by atoms with van der Waals surface area (Å²) in [5, 5.41) is 3.19. The first-order chi connectivity index (χ1) is 13.1. The van der Waals surface area contributed by atoms with Crippen LogP contribution >= 0.6 is 0 Å². The van der Waals surface area contributed by atoms with Gasteiger partial charge in [0, 0.05) is 25.3 Å². The summed E-state index contributed by atoms with van der Waals surface area (Å²) >= 11 is 0. The van der Waals surface area contributed by atoms with Gasteiger partial charge in [-0.25, -0.2) is 0 Å². The summed E-state index contributed by atoms with van der Waals surface area (Å²) in [4.78, 5) is 15.4. The van der Waals surface area contributed by atoms with Crippen LogP contribution in [0.1, 0.15) is 43.4 Å². The Morgan fingerprint density at radius 2 is 1.89 bits per heavy atom. The van der Waals surface area contributed by atoms with E-state index in [9.17, 15) is 4.79 Å². The standard InChI is InChI=1S/C24H28N2O/c1-18(2)10-14-26-15-11-19-8-9-22(16-20(19)17-26)25-23(27)24(12-13-24)21-6-4-3-5-7-21/h3-10,16H,11-15,17H2,1-2H3,(H,25,27). The van der Waals surface area contributed by atoms with Crippen molar-refractivity contribution in [3.05, 3.63) is 76.9 Å². The number of hydrogen-bond donors (Lipinski definition) is 1. The highest BCUT2D eigenvalue weighted by molar-refractivity contribution is 6.01. The summed E-state index contributed by atoms with van der Waals surface area (Å²) in [6, 6.07) is 16.6. The zero-order valence-corrected chi connectivity index (χ0v) is 16.3. The van der Waals surface area contributed by atoms with E-state index in [2.05, 4.69) is 60.5 Å². The van der Waals surface area contributed by atoms with Gasteiger partial charge in [0.25, 0.3) is 0 Å². The van der Waals surface area contributed by atoms with E-state index in [0.717, 1.165) is 50.1 Å². The van der Waals surface area contributed by atoms with Gasteiger partial charge in [-0.05, 0) is 61.9 Å². The Labute approximate surface area is 162 Å². The molecule has 0 saturated heterocycles. The van der Waals surface area contributed by atoms with Crippen LogP contribution in [0.5, 0.6) is 0 Å². The first-order valence-corrected chi connectivity index (χ1v) is 9.91. The summed E-state index contributed by atoms with van der Waals surface area (Å²) in [6.45, 7) is 7.33. The number of rotatable bonds is 5. The molecule has 1 saturated carbocycles. The van der Waals surface area contributed by atoms with Gasteiger partial charge in [0.15, 0.2) is 0 Å². The number of fused-ring (bicyclic) bond motifs is 1. The van der Waals surface area contributed by atoms with Gasteiger partial charge in [-0.15, -0.1) is 0 Å². The monoisotopic (exact) mass is 360 g/mol. The van der Waals surface area contributed by atoms with Crippen LogP contribution in [0.2, 0.25) is 0 Å². The maximum Gasteiger partial charge on any atom is 0.235 e. The number of carbonyl (C=O) groups excluding carboxylic acids is 1. The highest BCUT2D eigenvalue weighted by Gasteiger charge is 2.51. The third-order valence-corrected chi connectivity index (χ3v) is 5.82. The molecule has 4 rings (SSSR count). The average Bonchev–Trinajstić information content (AvgIpc) is 3.49. The van der Waals surface area contributed by atoms with Crippen LogP contribution < -0.4 is 5.32 Å². The molecule has 27 heavy (non-hydrogen) atoms. The first-order valence-electron chi connectivity index (χ1n) is 9.91. The quantitative estimate of drug-likeness (QED) is 0.785. The zero-order valence-electron chi connectivity index (χ0n) is 16.3. The van der Waals surface area contributed by atoms with Gasteiger partial charge in [-0.1, -0.05) is 48.0 Å². The van der Waals surface area contributed by atoms with Crippen molar-refractivity contribution in [2.45, 2.75) is 45.1 Å². The van der Waals surface area contributed by atoms with Gasteiger partial charge in [0.2, 0.25) is 5.91 Å². The number of amides is 1. The molecule has 0 spiro atoms. The van der Waals surface area contributed by atoms with Crippen LogP contribution in [0.3, 0.4) is 0 Å². The van der Waals surface area contributed by atoms with E-state index in [-0.39, 0.29) is 11.3 Å². The van der Waals surface area contributed by atoms with Crippen molar-refractivity contribution in [2.75, 3.05) is 18.4 Å². The molecule has 2 aromatic carbocycles. The fourth-order valence-corrected chi connectivity index (χ4v) is 3.94. The Bertz CT molecular complexity index is 861. The molecule has 2 aliphatic rings. The van der Waals surface area contributed by atoms with Crippen molar-refractivity contribution < 1.29 is 4.79 Å². The maximum absolute atomic E-state index is 13.0. The van der Waals surface area contributed by atoms with E-state index in [0.29, 0.717) is 0 Å². The van der Waals surface area contributed by atoms with Crippen LogP contribution in [0.25, 0.3) is 0 Å². The highest BCUT2D eigenvalue weighted by Crippen LogP contribution is 2.49. The highest BCUT2D eigenvalue weighted by atomic mass is 16.2. The molecule has 1 heterocycles. The van der Waals surface area contributed by atoms with Gasteiger partial charge in [-0.3, -0.25) is 9.69 Å². The van der Waals surface area contributed by atoms with E-state index >= 15 is 0 Å². The molecule has 2 aromatic rings. The van der Waals surface area contributed by atoms with E-state index in [1.807, 2.05) is 18.2 Å². The fourth-order valence-electron chi connectivity index (χ4n) is 3.94. The molecule has 3 heteroatoms. The zero-order chi connectivity index (χ0) is 18.9. The summed E-state index contributed by atoms with van der Waals surface area (Å²) < 4.78 is 0. The molecule has 0 atom stereocenters. The number of nitrogens with zero attached hydrogens (tertiary/aromatic N) is 1. The normalized spacial score (nSPS) is 17.7. The van der Waals surface area contributed by atoms with Crippen molar-refractivity contribution in [1.82, 2.24) is 4.90 Å². The smallest absolute Gasteiger partial charge is 0.235 e. The predicted molar refractivity (Wildman–Crippen MR) is 111 cm³/mol. The van der Waals surface area contributed by atoms with Gasteiger partial charge in [-0.2, -0.15) is 0 Å². The minimum absolute atomic E-state index is 0.130. The minimum Gasteiger partial charge on any atom is -0.325 e. The van der Waals surface area contributed by atoms with E-state index < -0.39 is 0 Å². The first kappa shape index (κ1) is 18.0. The van der Waals surface area contributed by atoms with Crippen LogP contribution in [0.15, 0.2) is 60.2 Å². The number of hydrogen-bond acceptors (Lipinski definition) is 2. The van der Waals surface area contributed by atoms with E-state index in [4.69, 9.17) is 0 Å². The molecule has 1 N–H and O–H groups in total. The van der Waals surface area contributed by atoms with Crippen molar-refractivity contribution in [2.24, 2.45) is 0 Å². The lowest BCUT2D eigenvalue weighted by molar-refractivity contribution is -0.118. The molecule has 0 unspecified atom stereocenters. The molecule has 0 bridgehead atoms. The van der Waals surface area contributed by atoms with Crippen LogP contribution in [0, 0.1) is 0 Å². The number of allylic oxidation sites excluding steroid dienone is 1. The lowest BCUT2D eigenvalue weighted by Gasteiger charge is -2.28. The number of anilines is 1. The Balaban J connectivity index is 1.47. The summed E-state index contributed by atoms with van der Waals surface area (Å²) in [5.74, 6) is 0.130. The lowest BCUT2D eigenvalue weighted by atomic mass is 9.94. The van der Waals surface area contributed by atoms with Crippen molar-refractivity contribution in [3.63, 3.8) is 0 Å². The van der Waals surface area contributed by atoms with E-state index in [1.165, 1.54) is 16.7 Å². The third kappa shape index (κ3) is 3.84. The number of carbonyl (C=O) groups is 1. The predicted octanol–water partition coefficient (Wildman–Crippen LogP) is 4.68. The SMILES string of the molecule is CC(C)=CCN1CCc2ccc(NC(=O)C3(c4ccccc4)CC3)cc2C1. The summed E-state index contributed by atoms with van der Waals surface area (Å²) in [6.07, 6.45) is 5.23. The van der Waals surface area contributed by atoms with Gasteiger partial charge < -0.3 is 5.32 Å². The lowest BCUT2D eigenvalue weighted by Crippen LogP contribution is -2.31. The second kappa shape index (κ2) is 7.32. The molecule has 1 amide bonds. The molecule has 0 aromatic heterocycles. The molecule has 0 radical (unpaired) electrons. The molecule has 1 aliphatic carbocycles. The molecule has 3 nitrogen and oxygen atoms in total. The van der Waals surface area contributed by atoms with Crippen LogP contribution in [-0.2, 0) is 23.2 Å². The number of benzene rings is 2. The third-order valence-electron chi connectivity index (χ3n) is 5.82. The fraction of sp³-hybridized carbons (Fsp3) is 0.375. The van der Waals surface area contributed by atoms with Crippen molar-refractivity contribution in [1.29, 1.82) is 0 Å². The number of nitrogens with one attached hydrogen (secondary N) is 1. The minimum atomic E-state index is -0.327. The Hall–Kier alpha value is -2.39. The Morgan fingerprint density at radius 1 is 1.11 bits per heavy atom. The van der Waals surface area contributed by atoms with Crippen molar-refractivity contribution >= 4 is 11.6 Å². The van der Waals surface area contributed by atoms with Gasteiger partial charge in [0.1, 0.15) is 0 Å². The van der Waals surface area contributed by atoms with Gasteiger partial charge >= 0.3 is 0 Å². The van der Waals surface area contributed by atoms with Crippen molar-refractivity contribution in [3.8, 4) is 0 Å². The summed E-state index contributed by atoms with van der Waals surface area (Å²) in [5.41, 5.74) is 5.83. The molecule has 1 fully saturated rings. The molecular formula is C24H28N2O. The van der Waals surface area contributed by atoms with Crippen LogP contribution in [0.4, 0.5) is 5.69 Å². The maximum atomic E-state index is 13.0. The Kier molecular flexibility index (Phi) is 4.88. The topological polar surface area (TPSA) is 32.3 Å². The van der Waals surface area contributed by atoms with Crippen LogP contribution in [-0.4, -0.2) is 23.9 Å². The second-order valence-corrected chi connectivity index (χ2v) is 8.15. The summed E-state index contributed by atoms with van der Waals surface area (Å²) in [7, 11) is 0. The van der Waals surface area contributed by atoms with Gasteiger partial charge in [0.05, 0.1) is 5.41 Å². The Morgan fingerprint density at radius 3 is 2.59 bits per heavy atom. The second-order valence-electron chi connectivity index (χ2n) is 8.15. The molecular weight excluding hydrogens is 332 g/mol. The van der Waals surface area contributed by atoms with E-state index in [1.54, 1.807) is 0 Å². The molecule has 140 valence electrons. The molecule has 1 aliphatic heterocycles. The average molecular weight is 361 g/mol.